The number of methoxy groups -OCH3 is 1. The Hall–Kier alpha value is -2.08. The number of amides is 2. The first-order valence-electron chi connectivity index (χ1n) is 8.91. The molecular weight excluding hydrogens is 320 g/mol. The first-order chi connectivity index (χ1) is 12.1. The molecule has 3 rings (SSSR count). The van der Waals surface area contributed by atoms with Gasteiger partial charge in [-0.1, -0.05) is 19.1 Å². The highest BCUT2D eigenvalue weighted by Crippen LogP contribution is 2.25. The maximum absolute atomic E-state index is 12.6. The molecule has 6 heteroatoms. The summed E-state index contributed by atoms with van der Waals surface area (Å²) < 4.78 is 11.0. The Kier molecular flexibility index (Phi) is 5.58. The van der Waals surface area contributed by atoms with Gasteiger partial charge in [0.15, 0.2) is 0 Å². The summed E-state index contributed by atoms with van der Waals surface area (Å²) in [4.78, 5) is 28.0. The van der Waals surface area contributed by atoms with Crippen LogP contribution in [0.5, 0.6) is 5.75 Å². The molecule has 2 aliphatic heterocycles. The third kappa shape index (κ3) is 4.12. The van der Waals surface area contributed by atoms with Crippen molar-refractivity contribution >= 4 is 11.8 Å². The summed E-state index contributed by atoms with van der Waals surface area (Å²) in [6.45, 7) is 4.86. The van der Waals surface area contributed by atoms with E-state index >= 15 is 0 Å². The van der Waals surface area contributed by atoms with Crippen LogP contribution in [0.2, 0.25) is 0 Å². The molecule has 136 valence electrons. The fraction of sp³-hybridized carbons (Fsp3) is 0.579. The molecule has 1 aromatic rings. The molecule has 6 nitrogen and oxygen atoms in total. The average Bonchev–Trinajstić information content (AvgIpc) is 2.96. The second-order valence-electron chi connectivity index (χ2n) is 6.72. The zero-order chi connectivity index (χ0) is 17.8. The Morgan fingerprint density at radius 3 is 2.80 bits per heavy atom. The summed E-state index contributed by atoms with van der Waals surface area (Å²) in [7, 11) is 1.61. The number of aryl methyl sites for hydroxylation is 1. The van der Waals surface area contributed by atoms with Crippen LogP contribution in [0.3, 0.4) is 0 Å². The molecule has 0 bridgehead atoms. The number of hydrogen-bond acceptors (Lipinski definition) is 4. The van der Waals surface area contributed by atoms with E-state index in [1.807, 2.05) is 18.2 Å². The normalized spacial score (nSPS) is 20.7. The molecule has 2 aliphatic rings. The van der Waals surface area contributed by atoms with Crippen LogP contribution in [0.15, 0.2) is 24.3 Å². The number of nitrogens with zero attached hydrogens (tertiary/aromatic N) is 2. The average molecular weight is 346 g/mol. The lowest BCUT2D eigenvalue weighted by molar-refractivity contribution is -0.144. The van der Waals surface area contributed by atoms with Gasteiger partial charge in [0.05, 0.1) is 25.6 Å². The van der Waals surface area contributed by atoms with E-state index in [1.54, 1.807) is 16.9 Å². The van der Waals surface area contributed by atoms with Gasteiger partial charge in [-0.05, 0) is 24.1 Å². The van der Waals surface area contributed by atoms with E-state index in [-0.39, 0.29) is 23.8 Å². The van der Waals surface area contributed by atoms with Crippen LogP contribution in [0.4, 0.5) is 0 Å². The van der Waals surface area contributed by atoms with Crippen molar-refractivity contribution < 1.29 is 19.1 Å². The van der Waals surface area contributed by atoms with Crippen molar-refractivity contribution in [1.29, 1.82) is 0 Å². The van der Waals surface area contributed by atoms with Crippen molar-refractivity contribution in [2.24, 2.45) is 5.92 Å². The van der Waals surface area contributed by atoms with Gasteiger partial charge >= 0.3 is 0 Å². The van der Waals surface area contributed by atoms with Gasteiger partial charge in [-0.25, -0.2) is 0 Å². The van der Waals surface area contributed by atoms with E-state index in [2.05, 4.69) is 13.0 Å². The molecule has 2 saturated heterocycles. The van der Waals surface area contributed by atoms with Gasteiger partial charge in [0.1, 0.15) is 11.9 Å². The lowest BCUT2D eigenvalue weighted by atomic mass is 10.0. The molecule has 1 atom stereocenters. The minimum atomic E-state index is -0.228. The number of hydrogen-bond donors (Lipinski definition) is 0. The van der Waals surface area contributed by atoms with E-state index in [4.69, 9.17) is 9.47 Å². The Bertz CT molecular complexity index is 628. The quantitative estimate of drug-likeness (QED) is 0.747. The minimum Gasteiger partial charge on any atom is -0.487 e. The van der Waals surface area contributed by atoms with Crippen LogP contribution in [-0.2, 0) is 20.7 Å². The monoisotopic (exact) mass is 346 g/mol. The van der Waals surface area contributed by atoms with Crippen molar-refractivity contribution in [3.8, 4) is 5.75 Å². The molecule has 0 N–H and O–H groups in total. The van der Waals surface area contributed by atoms with Crippen LogP contribution in [-0.4, -0.2) is 67.6 Å². The van der Waals surface area contributed by atoms with E-state index < -0.39 is 0 Å². The third-order valence-electron chi connectivity index (χ3n) is 4.90. The molecule has 0 saturated carbocycles. The van der Waals surface area contributed by atoms with Crippen molar-refractivity contribution in [2.75, 3.05) is 39.9 Å². The van der Waals surface area contributed by atoms with Gasteiger partial charge in [0.25, 0.3) is 0 Å². The van der Waals surface area contributed by atoms with Gasteiger partial charge in [-0.3, -0.25) is 9.59 Å². The molecule has 1 unspecified atom stereocenters. The standard InChI is InChI=1S/C19H26N2O4/c1-3-14-5-4-6-16(9-14)25-17-12-21(13-17)19(23)15-10-18(22)20(11-15)7-8-24-2/h4-6,9,15,17H,3,7-8,10-13H2,1-2H3. The van der Waals surface area contributed by atoms with Gasteiger partial charge in [-0.2, -0.15) is 0 Å². The molecule has 2 amide bonds. The lowest BCUT2D eigenvalue weighted by Crippen LogP contribution is -2.57. The molecule has 0 radical (unpaired) electrons. The highest BCUT2D eigenvalue weighted by Gasteiger charge is 2.40. The number of carbonyl (C=O) groups is 2. The van der Waals surface area contributed by atoms with Gasteiger partial charge in [0, 0.05) is 26.6 Å². The number of ether oxygens (including phenoxy) is 2. The van der Waals surface area contributed by atoms with Crippen LogP contribution in [0.1, 0.15) is 18.9 Å². The Morgan fingerprint density at radius 1 is 1.28 bits per heavy atom. The molecule has 2 heterocycles. The summed E-state index contributed by atoms with van der Waals surface area (Å²) in [6.07, 6.45) is 1.32. The van der Waals surface area contributed by atoms with Gasteiger partial charge in [0.2, 0.25) is 11.8 Å². The van der Waals surface area contributed by atoms with Crippen molar-refractivity contribution in [3.63, 3.8) is 0 Å². The number of benzene rings is 1. The van der Waals surface area contributed by atoms with E-state index in [0.29, 0.717) is 39.2 Å². The minimum absolute atomic E-state index is 0.0396. The first-order valence-corrected chi connectivity index (χ1v) is 8.91. The highest BCUT2D eigenvalue weighted by atomic mass is 16.5. The summed E-state index contributed by atoms with van der Waals surface area (Å²) in [5, 5.41) is 0. The Morgan fingerprint density at radius 2 is 2.08 bits per heavy atom. The first kappa shape index (κ1) is 17.7. The largest absolute Gasteiger partial charge is 0.487 e. The summed E-state index contributed by atoms with van der Waals surface area (Å²) in [5.74, 6) is 0.738. The predicted octanol–water partition coefficient (Wildman–Crippen LogP) is 1.33. The summed E-state index contributed by atoms with van der Waals surface area (Å²) in [6, 6.07) is 8.07. The zero-order valence-electron chi connectivity index (χ0n) is 14.9. The third-order valence-corrected chi connectivity index (χ3v) is 4.90. The molecule has 0 aliphatic carbocycles. The smallest absolute Gasteiger partial charge is 0.228 e. The number of likely N-dealkylation sites (tertiary alicyclic amines) is 2. The molecular formula is C19H26N2O4. The Labute approximate surface area is 148 Å². The SMILES string of the molecule is CCc1cccc(OC2CN(C(=O)C3CC(=O)N(CCOC)C3)C2)c1. The second kappa shape index (κ2) is 7.87. The number of carbonyl (C=O) groups excluding carboxylic acids is 2. The molecule has 1 aromatic carbocycles. The topological polar surface area (TPSA) is 59.1 Å². The fourth-order valence-corrected chi connectivity index (χ4v) is 3.34. The second-order valence-corrected chi connectivity index (χ2v) is 6.72. The van der Waals surface area contributed by atoms with Gasteiger partial charge < -0.3 is 19.3 Å². The van der Waals surface area contributed by atoms with E-state index in [1.165, 1.54) is 5.56 Å². The van der Waals surface area contributed by atoms with Crippen molar-refractivity contribution in [2.45, 2.75) is 25.9 Å². The maximum Gasteiger partial charge on any atom is 0.228 e. The van der Waals surface area contributed by atoms with Crippen molar-refractivity contribution in [3.05, 3.63) is 29.8 Å². The Balaban J connectivity index is 1.46. The molecule has 0 spiro atoms. The number of rotatable bonds is 7. The van der Waals surface area contributed by atoms with Crippen LogP contribution in [0.25, 0.3) is 0 Å². The van der Waals surface area contributed by atoms with Crippen LogP contribution >= 0.6 is 0 Å². The summed E-state index contributed by atoms with van der Waals surface area (Å²) >= 11 is 0. The zero-order valence-corrected chi connectivity index (χ0v) is 14.9. The molecule has 25 heavy (non-hydrogen) atoms. The van der Waals surface area contributed by atoms with Crippen molar-refractivity contribution in [1.82, 2.24) is 9.80 Å². The van der Waals surface area contributed by atoms with E-state index in [9.17, 15) is 9.59 Å². The van der Waals surface area contributed by atoms with E-state index in [0.717, 1.165) is 12.2 Å². The van der Waals surface area contributed by atoms with Crippen LogP contribution in [0, 0.1) is 5.92 Å². The van der Waals surface area contributed by atoms with Crippen LogP contribution < -0.4 is 4.74 Å². The fourth-order valence-electron chi connectivity index (χ4n) is 3.34. The van der Waals surface area contributed by atoms with Gasteiger partial charge in [-0.15, -0.1) is 0 Å². The lowest BCUT2D eigenvalue weighted by Gasteiger charge is -2.40. The molecule has 2 fully saturated rings. The predicted molar refractivity (Wildman–Crippen MR) is 93.4 cm³/mol. The summed E-state index contributed by atoms with van der Waals surface area (Å²) in [5.41, 5.74) is 1.24. The highest BCUT2D eigenvalue weighted by molar-refractivity contribution is 5.89. The maximum atomic E-state index is 12.6. The molecule has 0 aromatic heterocycles.